The lowest BCUT2D eigenvalue weighted by Gasteiger charge is -2.30. The zero-order chi connectivity index (χ0) is 23.0. The molecule has 6 atom stereocenters. The minimum atomic E-state index is -1.43. The molecule has 1 heterocycles. The van der Waals surface area contributed by atoms with Gasteiger partial charge in [0.15, 0.2) is 0 Å². The summed E-state index contributed by atoms with van der Waals surface area (Å²) in [6.07, 6.45) is 0.377. The Morgan fingerprint density at radius 1 is 1.10 bits per heavy atom. The number of nitrogens with two attached hydrogens (primary N) is 1. The van der Waals surface area contributed by atoms with Crippen LogP contribution >= 0.6 is 11.8 Å². The number of carboxylic acids is 1. The number of amides is 3. The van der Waals surface area contributed by atoms with Crippen LogP contribution in [0.15, 0.2) is 0 Å². The van der Waals surface area contributed by atoms with Gasteiger partial charge in [-0.1, -0.05) is 0 Å². The molecule has 1 rings (SSSR count). The number of hydrogen-bond donors (Lipinski definition) is 6. The lowest BCUT2D eigenvalue weighted by molar-refractivity contribution is -0.151. The number of thioether (sulfide) groups is 1. The Morgan fingerprint density at radius 3 is 2.17 bits per heavy atom. The lowest BCUT2D eigenvalue weighted by atomic mass is 10.1. The first kappa shape index (κ1) is 26.1. The Kier molecular flexibility index (Phi) is 10.5. The predicted molar refractivity (Wildman–Crippen MR) is 111 cm³/mol. The second-order valence-corrected chi connectivity index (χ2v) is 8.36. The van der Waals surface area contributed by atoms with E-state index in [-0.39, 0.29) is 13.0 Å². The van der Waals surface area contributed by atoms with Crippen LogP contribution in [-0.2, 0) is 19.2 Å². The number of nitrogens with zero attached hydrogens (tertiary/aromatic N) is 1. The van der Waals surface area contributed by atoms with Crippen molar-refractivity contribution >= 4 is 35.5 Å². The molecule has 6 unspecified atom stereocenters. The van der Waals surface area contributed by atoms with Crippen LogP contribution in [0.2, 0.25) is 0 Å². The molecule has 7 N–H and O–H groups in total. The molecular formula is C18H32N4O7S. The highest BCUT2D eigenvalue weighted by atomic mass is 32.2. The third-order valence-electron chi connectivity index (χ3n) is 4.90. The summed E-state index contributed by atoms with van der Waals surface area (Å²) in [7, 11) is 0. The average molecular weight is 449 g/mol. The number of nitrogens with one attached hydrogen (secondary N) is 2. The van der Waals surface area contributed by atoms with E-state index in [2.05, 4.69) is 10.6 Å². The molecule has 30 heavy (non-hydrogen) atoms. The van der Waals surface area contributed by atoms with Gasteiger partial charge in [-0.15, -0.1) is 0 Å². The maximum absolute atomic E-state index is 12.8. The maximum atomic E-state index is 12.8. The highest BCUT2D eigenvalue weighted by molar-refractivity contribution is 7.98. The maximum Gasteiger partial charge on any atom is 0.326 e. The van der Waals surface area contributed by atoms with Gasteiger partial charge in [-0.05, 0) is 45.1 Å². The van der Waals surface area contributed by atoms with E-state index < -0.39 is 60.1 Å². The van der Waals surface area contributed by atoms with Crippen LogP contribution in [0.3, 0.4) is 0 Å². The molecule has 11 nitrogen and oxygen atoms in total. The van der Waals surface area contributed by atoms with Crippen molar-refractivity contribution in [2.45, 2.75) is 69.5 Å². The summed E-state index contributed by atoms with van der Waals surface area (Å²) < 4.78 is 0. The molecule has 0 aromatic rings. The summed E-state index contributed by atoms with van der Waals surface area (Å²) in [6.45, 7) is 2.76. The number of aliphatic hydroxyl groups excluding tert-OH is 2. The first-order chi connectivity index (χ1) is 14.0. The van der Waals surface area contributed by atoms with Crippen LogP contribution in [0.4, 0.5) is 0 Å². The Balaban J connectivity index is 2.89. The summed E-state index contributed by atoms with van der Waals surface area (Å²) in [6, 6.07) is -4.74. The van der Waals surface area contributed by atoms with Crippen LogP contribution in [0.1, 0.15) is 33.1 Å². The Hall–Kier alpha value is -1.89. The zero-order valence-electron chi connectivity index (χ0n) is 17.4. The summed E-state index contributed by atoms with van der Waals surface area (Å²) in [5, 5.41) is 33.9. The molecule has 1 saturated heterocycles. The highest BCUT2D eigenvalue weighted by Gasteiger charge is 2.40. The van der Waals surface area contributed by atoms with Crippen LogP contribution in [0.5, 0.6) is 0 Å². The molecule has 0 aliphatic carbocycles. The molecule has 0 radical (unpaired) electrons. The van der Waals surface area contributed by atoms with Gasteiger partial charge >= 0.3 is 5.97 Å². The molecule has 3 amide bonds. The van der Waals surface area contributed by atoms with Gasteiger partial charge < -0.3 is 36.6 Å². The minimum absolute atomic E-state index is 0.190. The number of hydrogen-bond acceptors (Lipinski definition) is 8. The van der Waals surface area contributed by atoms with Crippen molar-refractivity contribution in [2.24, 2.45) is 5.73 Å². The van der Waals surface area contributed by atoms with Crippen molar-refractivity contribution in [3.05, 3.63) is 0 Å². The van der Waals surface area contributed by atoms with E-state index >= 15 is 0 Å². The van der Waals surface area contributed by atoms with E-state index in [1.54, 1.807) is 0 Å². The molecule has 0 aromatic carbocycles. The third-order valence-corrected chi connectivity index (χ3v) is 5.54. The first-order valence-electron chi connectivity index (χ1n) is 9.75. The average Bonchev–Trinajstić information content (AvgIpc) is 3.17. The van der Waals surface area contributed by atoms with Crippen molar-refractivity contribution in [2.75, 3.05) is 18.6 Å². The summed E-state index contributed by atoms with van der Waals surface area (Å²) in [5.41, 5.74) is 5.78. The standard InChI is InChI=1S/C18H32N4O7S/c1-9(23)13(20-15(25)11(19)6-8-30-3)16(26)21-14(10(2)24)17(27)22-7-4-5-12(22)18(28)29/h9-14,23-24H,4-8,19H2,1-3H3,(H,20,25)(H,21,26)(H,28,29). The zero-order valence-corrected chi connectivity index (χ0v) is 18.2. The number of aliphatic hydroxyl groups is 2. The third kappa shape index (κ3) is 7.11. The van der Waals surface area contributed by atoms with Crippen molar-refractivity contribution in [1.29, 1.82) is 0 Å². The van der Waals surface area contributed by atoms with Gasteiger partial charge in [0.25, 0.3) is 0 Å². The molecule has 172 valence electrons. The highest BCUT2D eigenvalue weighted by Crippen LogP contribution is 2.19. The fraction of sp³-hybridized carbons (Fsp3) is 0.778. The normalized spacial score (nSPS) is 21.3. The van der Waals surface area contributed by atoms with Gasteiger partial charge in [0.05, 0.1) is 18.2 Å². The van der Waals surface area contributed by atoms with Crippen molar-refractivity contribution in [3.8, 4) is 0 Å². The van der Waals surface area contributed by atoms with Crippen LogP contribution < -0.4 is 16.4 Å². The van der Waals surface area contributed by atoms with E-state index in [1.807, 2.05) is 6.26 Å². The van der Waals surface area contributed by atoms with Gasteiger partial charge in [0.2, 0.25) is 17.7 Å². The molecule has 0 saturated carbocycles. The second kappa shape index (κ2) is 12.1. The van der Waals surface area contributed by atoms with E-state index in [4.69, 9.17) is 5.73 Å². The number of carbonyl (C=O) groups is 4. The summed E-state index contributed by atoms with van der Waals surface area (Å²) in [5.74, 6) is -2.78. The molecule has 0 aromatic heterocycles. The summed E-state index contributed by atoms with van der Waals surface area (Å²) in [4.78, 5) is 50.2. The van der Waals surface area contributed by atoms with Crippen LogP contribution in [0, 0.1) is 0 Å². The van der Waals surface area contributed by atoms with Gasteiger partial charge in [0, 0.05) is 6.54 Å². The number of likely N-dealkylation sites (tertiary alicyclic amines) is 1. The first-order valence-corrected chi connectivity index (χ1v) is 11.1. The number of aliphatic carboxylic acids is 1. The molecule has 1 fully saturated rings. The molecule has 0 spiro atoms. The number of carbonyl (C=O) groups excluding carboxylic acids is 3. The SMILES string of the molecule is CSCCC(N)C(=O)NC(C(=O)NC(C(=O)N1CCCC1C(=O)O)C(C)O)C(C)O. The van der Waals surface area contributed by atoms with Crippen molar-refractivity contribution in [1.82, 2.24) is 15.5 Å². The molecule has 12 heteroatoms. The Morgan fingerprint density at radius 2 is 1.67 bits per heavy atom. The van der Waals surface area contributed by atoms with Gasteiger partial charge in [-0.2, -0.15) is 11.8 Å². The van der Waals surface area contributed by atoms with Gasteiger partial charge in [0.1, 0.15) is 18.1 Å². The fourth-order valence-electron chi connectivity index (χ4n) is 3.14. The van der Waals surface area contributed by atoms with Crippen molar-refractivity contribution < 1.29 is 34.5 Å². The van der Waals surface area contributed by atoms with E-state index in [0.29, 0.717) is 18.6 Å². The van der Waals surface area contributed by atoms with Crippen LogP contribution in [-0.4, -0.2) is 98.8 Å². The van der Waals surface area contributed by atoms with E-state index in [0.717, 1.165) is 4.90 Å². The second-order valence-electron chi connectivity index (χ2n) is 7.37. The number of carboxylic acid groups (broad SMARTS) is 1. The lowest BCUT2D eigenvalue weighted by Crippen LogP contribution is -2.61. The topological polar surface area (TPSA) is 182 Å². The number of rotatable bonds is 11. The molecule has 1 aliphatic heterocycles. The van der Waals surface area contributed by atoms with E-state index in [1.165, 1.54) is 25.6 Å². The Bertz CT molecular complexity index is 632. The fourth-order valence-corrected chi connectivity index (χ4v) is 3.63. The largest absolute Gasteiger partial charge is 0.480 e. The molecule has 0 bridgehead atoms. The quantitative estimate of drug-likeness (QED) is 0.206. The molecular weight excluding hydrogens is 416 g/mol. The Labute approximate surface area is 179 Å². The molecule has 1 aliphatic rings. The van der Waals surface area contributed by atoms with Crippen LogP contribution in [0.25, 0.3) is 0 Å². The summed E-state index contributed by atoms with van der Waals surface area (Å²) >= 11 is 1.51. The monoisotopic (exact) mass is 448 g/mol. The van der Waals surface area contributed by atoms with Gasteiger partial charge in [-0.25, -0.2) is 4.79 Å². The minimum Gasteiger partial charge on any atom is -0.480 e. The van der Waals surface area contributed by atoms with Crippen molar-refractivity contribution in [3.63, 3.8) is 0 Å². The van der Waals surface area contributed by atoms with E-state index in [9.17, 15) is 34.5 Å². The predicted octanol–water partition coefficient (Wildman–Crippen LogP) is -2.13. The van der Waals surface area contributed by atoms with Gasteiger partial charge in [-0.3, -0.25) is 14.4 Å². The smallest absolute Gasteiger partial charge is 0.326 e.